The highest BCUT2D eigenvalue weighted by Crippen LogP contribution is 2.33. The van der Waals surface area contributed by atoms with Gasteiger partial charge in [0.15, 0.2) is 0 Å². The fraction of sp³-hybridized carbons (Fsp3) is 0.333. The van der Waals surface area contributed by atoms with Crippen LogP contribution in [0.1, 0.15) is 18.1 Å². The lowest BCUT2D eigenvalue weighted by Crippen LogP contribution is -2.10. The molecule has 1 N–H and O–H groups in total. The Morgan fingerprint density at radius 1 is 1.36 bits per heavy atom. The van der Waals surface area contributed by atoms with Gasteiger partial charge in [0.1, 0.15) is 5.82 Å². The molecular formula is C12H12FN. The summed E-state index contributed by atoms with van der Waals surface area (Å²) in [5.41, 5.74) is 3.24. The number of aromatic nitrogens is 1. The summed E-state index contributed by atoms with van der Waals surface area (Å²) in [7, 11) is 0. The first-order chi connectivity index (χ1) is 6.75. The number of aromatic amines is 1. The Bertz CT molecular complexity index is 498. The summed E-state index contributed by atoms with van der Waals surface area (Å²) in [5, 5.41) is 1.13. The van der Waals surface area contributed by atoms with Crippen LogP contribution in [0.25, 0.3) is 10.9 Å². The molecule has 2 aromatic rings. The second kappa shape index (κ2) is 2.59. The molecule has 2 heteroatoms. The first-order valence-corrected chi connectivity index (χ1v) is 5.03. The monoisotopic (exact) mass is 189 g/mol. The lowest BCUT2D eigenvalue weighted by atomic mass is 9.86. The minimum atomic E-state index is -0.0510. The van der Waals surface area contributed by atoms with E-state index in [4.69, 9.17) is 0 Å². The summed E-state index contributed by atoms with van der Waals surface area (Å²) in [6, 6.07) is 3.39. The van der Waals surface area contributed by atoms with Crippen molar-refractivity contribution in [3.05, 3.63) is 35.3 Å². The van der Waals surface area contributed by atoms with Crippen LogP contribution in [0.15, 0.2) is 18.3 Å². The summed E-state index contributed by atoms with van der Waals surface area (Å²) < 4.78 is 13.6. The molecular weight excluding hydrogens is 177 g/mol. The van der Waals surface area contributed by atoms with Crippen molar-refractivity contribution in [1.82, 2.24) is 4.98 Å². The fourth-order valence-corrected chi connectivity index (χ4v) is 2.50. The minimum absolute atomic E-state index is 0.0510. The van der Waals surface area contributed by atoms with Crippen molar-refractivity contribution in [2.24, 2.45) is 5.92 Å². The maximum atomic E-state index is 13.6. The van der Waals surface area contributed by atoms with E-state index in [0.29, 0.717) is 5.92 Å². The van der Waals surface area contributed by atoms with E-state index in [9.17, 15) is 4.39 Å². The molecule has 1 heterocycles. The molecule has 0 amide bonds. The van der Waals surface area contributed by atoms with E-state index < -0.39 is 0 Å². The van der Waals surface area contributed by atoms with Gasteiger partial charge in [0.05, 0.1) is 0 Å². The SMILES string of the molecule is CC1Cc2c[nH]c3ccc(F)c(c23)C1. The molecule has 1 aromatic heterocycles. The average Bonchev–Trinajstić information content (AvgIpc) is 2.55. The largest absolute Gasteiger partial charge is 0.361 e. The van der Waals surface area contributed by atoms with Crippen LogP contribution >= 0.6 is 0 Å². The van der Waals surface area contributed by atoms with Gasteiger partial charge in [-0.2, -0.15) is 0 Å². The highest BCUT2D eigenvalue weighted by Gasteiger charge is 2.21. The van der Waals surface area contributed by atoms with Gasteiger partial charge in [-0.25, -0.2) is 4.39 Å². The quantitative estimate of drug-likeness (QED) is 0.655. The zero-order valence-electron chi connectivity index (χ0n) is 8.10. The zero-order valence-corrected chi connectivity index (χ0v) is 8.10. The van der Waals surface area contributed by atoms with Crippen LogP contribution in [0, 0.1) is 11.7 Å². The predicted molar refractivity (Wildman–Crippen MR) is 54.8 cm³/mol. The average molecular weight is 189 g/mol. The molecule has 72 valence electrons. The molecule has 1 atom stereocenters. The Hall–Kier alpha value is -1.31. The highest BCUT2D eigenvalue weighted by molar-refractivity contribution is 5.87. The molecule has 1 aromatic carbocycles. The molecule has 0 spiro atoms. The van der Waals surface area contributed by atoms with E-state index in [1.165, 1.54) is 5.56 Å². The Morgan fingerprint density at radius 3 is 3.07 bits per heavy atom. The van der Waals surface area contributed by atoms with E-state index >= 15 is 0 Å². The zero-order chi connectivity index (χ0) is 9.71. The molecule has 3 rings (SSSR count). The molecule has 0 saturated carbocycles. The number of H-pyrrole nitrogens is 1. The van der Waals surface area contributed by atoms with Crippen molar-refractivity contribution >= 4 is 10.9 Å². The third kappa shape index (κ3) is 0.939. The summed E-state index contributed by atoms with van der Waals surface area (Å²) in [4.78, 5) is 3.20. The van der Waals surface area contributed by atoms with E-state index in [-0.39, 0.29) is 5.82 Å². The second-order valence-electron chi connectivity index (χ2n) is 4.28. The van der Waals surface area contributed by atoms with Gasteiger partial charge < -0.3 is 4.98 Å². The number of benzene rings is 1. The van der Waals surface area contributed by atoms with Gasteiger partial charge in [0, 0.05) is 17.1 Å². The molecule has 1 aliphatic carbocycles. The van der Waals surface area contributed by atoms with Gasteiger partial charge in [-0.1, -0.05) is 6.92 Å². The maximum Gasteiger partial charge on any atom is 0.127 e. The first-order valence-electron chi connectivity index (χ1n) is 5.03. The molecule has 14 heavy (non-hydrogen) atoms. The first kappa shape index (κ1) is 8.04. The normalized spacial score (nSPS) is 20.3. The van der Waals surface area contributed by atoms with Gasteiger partial charge in [0.2, 0.25) is 0 Å². The van der Waals surface area contributed by atoms with Gasteiger partial charge in [-0.05, 0) is 42.0 Å². The van der Waals surface area contributed by atoms with E-state index in [2.05, 4.69) is 11.9 Å². The Kier molecular flexibility index (Phi) is 1.49. The van der Waals surface area contributed by atoms with Crippen LogP contribution in [0.2, 0.25) is 0 Å². The molecule has 1 nitrogen and oxygen atoms in total. The van der Waals surface area contributed by atoms with E-state index in [1.807, 2.05) is 12.3 Å². The second-order valence-corrected chi connectivity index (χ2v) is 4.28. The van der Waals surface area contributed by atoms with Crippen molar-refractivity contribution in [2.45, 2.75) is 19.8 Å². The summed E-state index contributed by atoms with van der Waals surface area (Å²) in [6.07, 6.45) is 3.95. The van der Waals surface area contributed by atoms with Gasteiger partial charge in [-0.15, -0.1) is 0 Å². The smallest absolute Gasteiger partial charge is 0.127 e. The number of hydrogen-bond acceptors (Lipinski definition) is 0. The van der Waals surface area contributed by atoms with E-state index in [1.54, 1.807) is 6.07 Å². The van der Waals surface area contributed by atoms with Gasteiger partial charge in [-0.3, -0.25) is 0 Å². The Balaban J connectivity index is 2.41. The van der Waals surface area contributed by atoms with Crippen molar-refractivity contribution in [3.8, 4) is 0 Å². The van der Waals surface area contributed by atoms with Crippen molar-refractivity contribution < 1.29 is 4.39 Å². The van der Waals surface area contributed by atoms with Crippen LogP contribution in [0.4, 0.5) is 4.39 Å². The Labute approximate surface area is 81.9 Å². The topological polar surface area (TPSA) is 15.8 Å². The molecule has 1 aliphatic rings. The summed E-state index contributed by atoms with van der Waals surface area (Å²) in [5.74, 6) is 0.503. The van der Waals surface area contributed by atoms with Gasteiger partial charge >= 0.3 is 0 Å². The minimum Gasteiger partial charge on any atom is -0.361 e. The number of rotatable bonds is 0. The third-order valence-electron chi connectivity index (χ3n) is 3.10. The lowest BCUT2D eigenvalue weighted by molar-refractivity contribution is 0.536. The molecule has 1 unspecified atom stereocenters. The molecule has 0 bridgehead atoms. The van der Waals surface area contributed by atoms with Crippen LogP contribution in [0.3, 0.4) is 0 Å². The number of hydrogen-bond donors (Lipinski definition) is 1. The van der Waals surface area contributed by atoms with Crippen molar-refractivity contribution in [2.75, 3.05) is 0 Å². The summed E-state index contributed by atoms with van der Waals surface area (Å²) >= 11 is 0. The Morgan fingerprint density at radius 2 is 2.21 bits per heavy atom. The molecule has 0 fully saturated rings. The van der Waals surface area contributed by atoms with Crippen molar-refractivity contribution in [3.63, 3.8) is 0 Å². The van der Waals surface area contributed by atoms with Crippen LogP contribution in [0.5, 0.6) is 0 Å². The standard InChI is InChI=1S/C12H12FN/c1-7-4-8-6-14-11-3-2-10(13)9(5-7)12(8)11/h2-3,6-7,14H,4-5H2,1H3. The van der Waals surface area contributed by atoms with Crippen LogP contribution < -0.4 is 0 Å². The molecule has 0 saturated heterocycles. The van der Waals surface area contributed by atoms with Crippen LogP contribution in [-0.4, -0.2) is 4.98 Å². The van der Waals surface area contributed by atoms with E-state index in [0.717, 1.165) is 29.3 Å². The fourth-order valence-electron chi connectivity index (χ4n) is 2.50. The highest BCUT2D eigenvalue weighted by atomic mass is 19.1. The summed E-state index contributed by atoms with van der Waals surface area (Å²) in [6.45, 7) is 2.17. The maximum absolute atomic E-state index is 13.6. The van der Waals surface area contributed by atoms with Crippen molar-refractivity contribution in [1.29, 1.82) is 0 Å². The molecule has 0 radical (unpaired) electrons. The third-order valence-corrected chi connectivity index (χ3v) is 3.10. The number of nitrogens with one attached hydrogen (secondary N) is 1. The van der Waals surface area contributed by atoms with Crippen LogP contribution in [-0.2, 0) is 12.8 Å². The molecule has 0 aliphatic heterocycles. The lowest BCUT2D eigenvalue weighted by Gasteiger charge is -2.19. The number of halogens is 1. The predicted octanol–water partition coefficient (Wildman–Crippen LogP) is 3.04. The van der Waals surface area contributed by atoms with Gasteiger partial charge in [0.25, 0.3) is 0 Å².